The molecule has 0 heterocycles. The number of aryl methyl sites for hydroxylation is 2. The van der Waals surface area contributed by atoms with Gasteiger partial charge in [0.05, 0.1) is 0 Å². The van der Waals surface area contributed by atoms with Gasteiger partial charge in [-0.3, -0.25) is 0 Å². The molecule has 0 unspecified atom stereocenters. The Bertz CT molecular complexity index is 419. The van der Waals surface area contributed by atoms with Crippen molar-refractivity contribution in [2.24, 2.45) is 23.0 Å². The number of hydrogen-bond donors (Lipinski definition) is 1. The van der Waals surface area contributed by atoms with Gasteiger partial charge in [0.15, 0.2) is 0 Å². The molecular weight excluding hydrogens is 242 g/mol. The van der Waals surface area contributed by atoms with Crippen LogP contribution in [0.3, 0.4) is 0 Å². The van der Waals surface area contributed by atoms with Crippen LogP contribution < -0.4 is 5.73 Å². The molecule has 0 amide bonds. The van der Waals surface area contributed by atoms with Crippen LogP contribution in [0, 0.1) is 31.1 Å². The van der Waals surface area contributed by atoms with Crippen LogP contribution in [0.25, 0.3) is 0 Å². The average molecular weight is 273 g/mol. The first-order valence-corrected chi connectivity index (χ1v) is 8.22. The van der Waals surface area contributed by atoms with Gasteiger partial charge in [-0.2, -0.15) is 0 Å². The van der Waals surface area contributed by atoms with E-state index in [0.29, 0.717) is 5.41 Å². The number of hydrogen-bond acceptors (Lipinski definition) is 1. The summed E-state index contributed by atoms with van der Waals surface area (Å²) in [6.45, 7) is 10.1. The van der Waals surface area contributed by atoms with E-state index in [0.717, 1.165) is 18.4 Å². The molecule has 1 aromatic carbocycles. The van der Waals surface area contributed by atoms with Crippen molar-refractivity contribution in [3.8, 4) is 0 Å². The normalized spacial score (nSPS) is 27.0. The van der Waals surface area contributed by atoms with E-state index in [4.69, 9.17) is 5.73 Å². The van der Waals surface area contributed by atoms with Gasteiger partial charge < -0.3 is 5.73 Å². The molecule has 1 aliphatic rings. The standard InChI is InChI=1S/C19H31N/c1-14(2)17-8-10-19(13-20,11-9-17)12-18-15(3)6-5-7-16(18)4/h5-7,14,17H,8-13,20H2,1-4H3. The van der Waals surface area contributed by atoms with Crippen molar-refractivity contribution in [3.63, 3.8) is 0 Å². The average Bonchev–Trinajstić information content (AvgIpc) is 2.43. The minimum atomic E-state index is 0.349. The zero-order chi connectivity index (χ0) is 14.8. The predicted octanol–water partition coefficient (Wildman–Crippen LogP) is 4.64. The van der Waals surface area contributed by atoms with Crippen LogP contribution in [0.1, 0.15) is 56.2 Å². The molecule has 112 valence electrons. The monoisotopic (exact) mass is 273 g/mol. The van der Waals surface area contributed by atoms with E-state index in [9.17, 15) is 0 Å². The van der Waals surface area contributed by atoms with Crippen LogP contribution in [0.15, 0.2) is 18.2 Å². The molecular formula is C19H31N. The first-order chi connectivity index (χ1) is 9.47. The lowest BCUT2D eigenvalue weighted by Crippen LogP contribution is -2.38. The molecule has 2 N–H and O–H groups in total. The minimum absolute atomic E-state index is 0.349. The summed E-state index contributed by atoms with van der Waals surface area (Å²) >= 11 is 0. The molecule has 0 spiro atoms. The molecule has 0 atom stereocenters. The molecule has 0 aliphatic heterocycles. The minimum Gasteiger partial charge on any atom is -0.330 e. The lowest BCUT2D eigenvalue weighted by molar-refractivity contribution is 0.132. The van der Waals surface area contributed by atoms with E-state index in [1.54, 1.807) is 5.56 Å². The third-order valence-electron chi connectivity index (χ3n) is 5.66. The Kier molecular flexibility index (Phi) is 4.90. The molecule has 0 radical (unpaired) electrons. The summed E-state index contributed by atoms with van der Waals surface area (Å²) in [5.41, 5.74) is 11.0. The van der Waals surface area contributed by atoms with E-state index in [-0.39, 0.29) is 0 Å². The van der Waals surface area contributed by atoms with Crippen molar-refractivity contribution in [1.29, 1.82) is 0 Å². The van der Waals surface area contributed by atoms with E-state index >= 15 is 0 Å². The largest absolute Gasteiger partial charge is 0.330 e. The fraction of sp³-hybridized carbons (Fsp3) is 0.684. The van der Waals surface area contributed by atoms with Gasteiger partial charge in [-0.05, 0) is 86.4 Å². The summed E-state index contributed by atoms with van der Waals surface area (Å²) in [5.74, 6) is 1.73. The summed E-state index contributed by atoms with van der Waals surface area (Å²) in [6, 6.07) is 6.65. The Labute approximate surface area is 125 Å². The summed E-state index contributed by atoms with van der Waals surface area (Å²) in [4.78, 5) is 0. The second-order valence-corrected chi connectivity index (χ2v) is 7.33. The maximum Gasteiger partial charge on any atom is -0.00173 e. The van der Waals surface area contributed by atoms with Gasteiger partial charge in [0.25, 0.3) is 0 Å². The van der Waals surface area contributed by atoms with Crippen LogP contribution in [0.2, 0.25) is 0 Å². The Hall–Kier alpha value is -0.820. The fourth-order valence-corrected chi connectivity index (χ4v) is 3.88. The number of nitrogens with two attached hydrogens (primary N) is 1. The van der Waals surface area contributed by atoms with Crippen LogP contribution in [0.4, 0.5) is 0 Å². The first-order valence-electron chi connectivity index (χ1n) is 8.22. The summed E-state index contributed by atoms with van der Waals surface area (Å²) in [6.07, 6.45) is 6.51. The highest BCUT2D eigenvalue weighted by Gasteiger charge is 2.35. The number of benzene rings is 1. The van der Waals surface area contributed by atoms with Crippen molar-refractivity contribution < 1.29 is 0 Å². The van der Waals surface area contributed by atoms with E-state index in [1.807, 2.05) is 0 Å². The van der Waals surface area contributed by atoms with Crippen molar-refractivity contribution >= 4 is 0 Å². The molecule has 0 saturated heterocycles. The van der Waals surface area contributed by atoms with E-state index < -0.39 is 0 Å². The maximum atomic E-state index is 6.21. The SMILES string of the molecule is Cc1cccc(C)c1CC1(CN)CCC(C(C)C)CC1. The Morgan fingerprint density at radius 1 is 1.15 bits per heavy atom. The molecule has 20 heavy (non-hydrogen) atoms. The molecule has 1 fully saturated rings. The molecule has 1 heteroatoms. The molecule has 1 saturated carbocycles. The molecule has 0 aromatic heterocycles. The Balaban J connectivity index is 2.14. The third-order valence-corrected chi connectivity index (χ3v) is 5.66. The van der Waals surface area contributed by atoms with Crippen LogP contribution in [0.5, 0.6) is 0 Å². The van der Waals surface area contributed by atoms with E-state index in [1.165, 1.54) is 43.2 Å². The summed E-state index contributed by atoms with van der Waals surface area (Å²) in [7, 11) is 0. The van der Waals surface area contributed by atoms with Crippen molar-refractivity contribution in [1.82, 2.24) is 0 Å². The molecule has 1 nitrogen and oxygen atoms in total. The lowest BCUT2D eigenvalue weighted by Gasteiger charge is -2.41. The zero-order valence-electron chi connectivity index (χ0n) is 13.7. The topological polar surface area (TPSA) is 26.0 Å². The fourth-order valence-electron chi connectivity index (χ4n) is 3.88. The van der Waals surface area contributed by atoms with Gasteiger partial charge in [-0.15, -0.1) is 0 Å². The summed E-state index contributed by atoms with van der Waals surface area (Å²) in [5, 5.41) is 0. The highest BCUT2D eigenvalue weighted by molar-refractivity contribution is 5.34. The predicted molar refractivity (Wildman–Crippen MR) is 87.9 cm³/mol. The highest BCUT2D eigenvalue weighted by atomic mass is 14.6. The van der Waals surface area contributed by atoms with Gasteiger partial charge in [0.2, 0.25) is 0 Å². The number of rotatable bonds is 4. The first kappa shape index (κ1) is 15.6. The third kappa shape index (κ3) is 3.25. The van der Waals surface area contributed by atoms with Gasteiger partial charge in [-0.25, -0.2) is 0 Å². The smallest absolute Gasteiger partial charge is 0.00173 e. The van der Waals surface area contributed by atoms with Crippen molar-refractivity contribution in [2.45, 2.75) is 59.8 Å². The molecule has 1 aliphatic carbocycles. The molecule has 1 aromatic rings. The Morgan fingerprint density at radius 2 is 1.70 bits per heavy atom. The quantitative estimate of drug-likeness (QED) is 0.850. The maximum absolute atomic E-state index is 6.21. The zero-order valence-corrected chi connectivity index (χ0v) is 13.7. The molecule has 0 bridgehead atoms. The van der Waals surface area contributed by atoms with Gasteiger partial charge in [0, 0.05) is 0 Å². The van der Waals surface area contributed by atoms with Crippen LogP contribution in [-0.2, 0) is 6.42 Å². The highest BCUT2D eigenvalue weighted by Crippen LogP contribution is 2.43. The van der Waals surface area contributed by atoms with E-state index in [2.05, 4.69) is 45.9 Å². The van der Waals surface area contributed by atoms with Gasteiger partial charge in [0.1, 0.15) is 0 Å². The van der Waals surface area contributed by atoms with Crippen LogP contribution in [-0.4, -0.2) is 6.54 Å². The van der Waals surface area contributed by atoms with Crippen LogP contribution >= 0.6 is 0 Å². The summed E-state index contributed by atoms with van der Waals surface area (Å²) < 4.78 is 0. The second-order valence-electron chi connectivity index (χ2n) is 7.33. The lowest BCUT2D eigenvalue weighted by atomic mass is 9.65. The van der Waals surface area contributed by atoms with Crippen molar-refractivity contribution in [3.05, 3.63) is 34.9 Å². The van der Waals surface area contributed by atoms with Crippen molar-refractivity contribution in [2.75, 3.05) is 6.54 Å². The Morgan fingerprint density at radius 3 is 2.15 bits per heavy atom. The van der Waals surface area contributed by atoms with Gasteiger partial charge in [-0.1, -0.05) is 32.0 Å². The second kappa shape index (κ2) is 6.30. The molecule has 2 rings (SSSR count). The van der Waals surface area contributed by atoms with Gasteiger partial charge >= 0.3 is 0 Å².